The Morgan fingerprint density at radius 3 is 1.95 bits per heavy atom. The largest absolute Gasteiger partial charge is 0.382 e. The predicted molar refractivity (Wildman–Crippen MR) is 71.4 cm³/mol. The molecule has 0 aromatic heterocycles. The van der Waals surface area contributed by atoms with Gasteiger partial charge in [0.2, 0.25) is 5.79 Å². The van der Waals surface area contributed by atoms with Crippen LogP contribution in [0.1, 0.15) is 17.2 Å². The molecule has 19 heavy (non-hydrogen) atoms. The van der Waals surface area contributed by atoms with Crippen LogP contribution < -0.4 is 0 Å². The van der Waals surface area contributed by atoms with Gasteiger partial charge in [-0.2, -0.15) is 0 Å². The molecule has 0 amide bonds. The highest BCUT2D eigenvalue weighted by Crippen LogP contribution is 2.42. The molecule has 1 aliphatic heterocycles. The summed E-state index contributed by atoms with van der Waals surface area (Å²) in [5.41, 5.74) is 1.62. The van der Waals surface area contributed by atoms with E-state index in [1.807, 2.05) is 60.7 Å². The molecular weight excluding hydrogens is 240 g/mol. The van der Waals surface area contributed by atoms with Gasteiger partial charge in [0.15, 0.2) is 0 Å². The van der Waals surface area contributed by atoms with Gasteiger partial charge in [-0.3, -0.25) is 0 Å². The van der Waals surface area contributed by atoms with Crippen molar-refractivity contribution in [3.05, 3.63) is 71.8 Å². The first-order chi connectivity index (χ1) is 9.33. The normalized spacial score (nSPS) is 19.2. The van der Waals surface area contributed by atoms with Crippen molar-refractivity contribution in [1.29, 1.82) is 0 Å². The highest BCUT2D eigenvalue weighted by atomic mass is 16.7. The lowest BCUT2D eigenvalue weighted by atomic mass is 9.94. The van der Waals surface area contributed by atoms with Crippen LogP contribution in [0.15, 0.2) is 60.7 Å². The summed E-state index contributed by atoms with van der Waals surface area (Å²) < 4.78 is 11.5. The number of hydrogen-bond acceptors (Lipinski definition) is 3. The first-order valence-electron chi connectivity index (χ1n) is 6.39. The zero-order valence-corrected chi connectivity index (χ0v) is 10.5. The van der Waals surface area contributed by atoms with E-state index in [-0.39, 0.29) is 0 Å². The minimum atomic E-state index is -1.09. The number of ether oxygens (including phenoxy) is 2. The fraction of sp³-hybridized carbons (Fsp3) is 0.250. The SMILES string of the molecule is OC(c1ccccc1)C1(c2ccccc2)OCCO1. The van der Waals surface area contributed by atoms with Crippen LogP contribution in [0.2, 0.25) is 0 Å². The van der Waals surface area contributed by atoms with Gasteiger partial charge in [0, 0.05) is 5.56 Å². The quantitative estimate of drug-likeness (QED) is 0.917. The molecule has 1 saturated heterocycles. The van der Waals surface area contributed by atoms with Gasteiger partial charge in [-0.25, -0.2) is 0 Å². The Balaban J connectivity index is 2.02. The van der Waals surface area contributed by atoms with Crippen molar-refractivity contribution in [2.24, 2.45) is 0 Å². The molecule has 1 unspecified atom stereocenters. The van der Waals surface area contributed by atoms with Gasteiger partial charge in [0.25, 0.3) is 0 Å². The van der Waals surface area contributed by atoms with E-state index in [1.54, 1.807) is 0 Å². The van der Waals surface area contributed by atoms with Crippen molar-refractivity contribution >= 4 is 0 Å². The Hall–Kier alpha value is -1.68. The average molecular weight is 256 g/mol. The predicted octanol–water partition coefficient (Wildman–Crippen LogP) is 2.62. The van der Waals surface area contributed by atoms with Crippen LogP contribution in [0.3, 0.4) is 0 Å². The van der Waals surface area contributed by atoms with Crippen molar-refractivity contribution in [2.75, 3.05) is 13.2 Å². The first kappa shape index (κ1) is 12.4. The third-order valence-corrected chi connectivity index (χ3v) is 3.37. The summed E-state index contributed by atoms with van der Waals surface area (Å²) in [7, 11) is 0. The fourth-order valence-corrected chi connectivity index (χ4v) is 2.44. The lowest BCUT2D eigenvalue weighted by molar-refractivity contribution is -0.232. The molecule has 0 spiro atoms. The van der Waals surface area contributed by atoms with E-state index in [0.717, 1.165) is 11.1 Å². The molecule has 3 heteroatoms. The Bertz CT molecular complexity index is 518. The summed E-state index contributed by atoms with van der Waals surface area (Å²) in [5.74, 6) is -1.09. The lowest BCUT2D eigenvalue weighted by Crippen LogP contribution is -2.34. The molecule has 0 aliphatic carbocycles. The van der Waals surface area contributed by atoms with Crippen molar-refractivity contribution in [2.45, 2.75) is 11.9 Å². The number of hydrogen-bond donors (Lipinski definition) is 1. The Kier molecular flexibility index (Phi) is 3.34. The molecule has 1 fully saturated rings. The fourth-order valence-electron chi connectivity index (χ4n) is 2.44. The van der Waals surface area contributed by atoms with Crippen LogP contribution in [0.4, 0.5) is 0 Å². The second kappa shape index (κ2) is 5.13. The molecule has 3 nitrogen and oxygen atoms in total. The average Bonchev–Trinajstić information content (AvgIpc) is 2.99. The third kappa shape index (κ3) is 2.16. The van der Waals surface area contributed by atoms with Crippen molar-refractivity contribution in [1.82, 2.24) is 0 Å². The number of rotatable bonds is 3. The van der Waals surface area contributed by atoms with Crippen LogP contribution in [-0.2, 0) is 15.3 Å². The van der Waals surface area contributed by atoms with E-state index in [2.05, 4.69) is 0 Å². The standard InChI is InChI=1S/C16H16O3/c17-15(13-7-3-1-4-8-13)16(18-11-12-19-16)14-9-5-2-6-10-14/h1-10,15,17H,11-12H2. The topological polar surface area (TPSA) is 38.7 Å². The summed E-state index contributed by atoms with van der Waals surface area (Å²) in [5, 5.41) is 10.7. The zero-order valence-electron chi connectivity index (χ0n) is 10.5. The minimum Gasteiger partial charge on any atom is -0.382 e. The van der Waals surface area contributed by atoms with Gasteiger partial charge < -0.3 is 14.6 Å². The molecule has 2 aromatic carbocycles. The highest BCUT2D eigenvalue weighted by molar-refractivity contribution is 5.28. The summed E-state index contributed by atoms with van der Waals surface area (Å²) in [4.78, 5) is 0. The summed E-state index contributed by atoms with van der Waals surface area (Å²) in [6.07, 6.45) is -0.849. The van der Waals surface area contributed by atoms with Crippen molar-refractivity contribution in [3.63, 3.8) is 0 Å². The summed E-state index contributed by atoms with van der Waals surface area (Å²) >= 11 is 0. The first-order valence-corrected chi connectivity index (χ1v) is 6.39. The second-order valence-corrected chi connectivity index (χ2v) is 4.54. The number of aliphatic hydroxyl groups is 1. The van der Waals surface area contributed by atoms with E-state index in [9.17, 15) is 5.11 Å². The number of benzene rings is 2. The van der Waals surface area contributed by atoms with Crippen LogP contribution >= 0.6 is 0 Å². The second-order valence-electron chi connectivity index (χ2n) is 4.54. The maximum Gasteiger partial charge on any atom is 0.226 e. The monoisotopic (exact) mass is 256 g/mol. The minimum absolute atomic E-state index is 0.485. The highest BCUT2D eigenvalue weighted by Gasteiger charge is 2.46. The van der Waals surface area contributed by atoms with Crippen LogP contribution in [0, 0.1) is 0 Å². The Morgan fingerprint density at radius 2 is 1.37 bits per heavy atom. The third-order valence-electron chi connectivity index (χ3n) is 3.37. The zero-order chi connectivity index (χ0) is 13.1. The maximum atomic E-state index is 10.7. The van der Waals surface area contributed by atoms with Gasteiger partial charge in [-0.1, -0.05) is 60.7 Å². The molecular formula is C16H16O3. The van der Waals surface area contributed by atoms with E-state index in [0.29, 0.717) is 13.2 Å². The van der Waals surface area contributed by atoms with Crippen LogP contribution in [-0.4, -0.2) is 18.3 Å². The van der Waals surface area contributed by atoms with Gasteiger partial charge in [0.1, 0.15) is 6.10 Å². The molecule has 3 rings (SSSR count). The van der Waals surface area contributed by atoms with Gasteiger partial charge in [-0.15, -0.1) is 0 Å². The van der Waals surface area contributed by atoms with Gasteiger partial charge in [0.05, 0.1) is 13.2 Å². The Labute approximate surface area is 112 Å². The molecule has 1 heterocycles. The van der Waals surface area contributed by atoms with Gasteiger partial charge >= 0.3 is 0 Å². The molecule has 0 saturated carbocycles. The molecule has 1 aliphatic rings. The smallest absolute Gasteiger partial charge is 0.226 e. The molecule has 0 bridgehead atoms. The molecule has 98 valence electrons. The van der Waals surface area contributed by atoms with Gasteiger partial charge in [-0.05, 0) is 5.56 Å². The Morgan fingerprint density at radius 1 is 0.842 bits per heavy atom. The molecule has 2 aromatic rings. The van der Waals surface area contributed by atoms with E-state index in [1.165, 1.54) is 0 Å². The van der Waals surface area contributed by atoms with Crippen molar-refractivity contribution < 1.29 is 14.6 Å². The lowest BCUT2D eigenvalue weighted by Gasteiger charge is -2.32. The van der Waals surface area contributed by atoms with Crippen LogP contribution in [0.25, 0.3) is 0 Å². The molecule has 0 radical (unpaired) electrons. The molecule has 1 N–H and O–H groups in total. The maximum absolute atomic E-state index is 10.7. The van der Waals surface area contributed by atoms with E-state index < -0.39 is 11.9 Å². The van der Waals surface area contributed by atoms with Crippen molar-refractivity contribution in [3.8, 4) is 0 Å². The number of aliphatic hydroxyl groups excluding tert-OH is 1. The van der Waals surface area contributed by atoms with E-state index in [4.69, 9.17) is 9.47 Å². The molecule has 1 atom stereocenters. The summed E-state index contributed by atoms with van der Waals surface area (Å²) in [6, 6.07) is 19.1. The summed E-state index contributed by atoms with van der Waals surface area (Å²) in [6.45, 7) is 0.970. The van der Waals surface area contributed by atoms with Crippen LogP contribution in [0.5, 0.6) is 0 Å². The van der Waals surface area contributed by atoms with E-state index >= 15 is 0 Å².